The van der Waals surface area contributed by atoms with Gasteiger partial charge in [-0.3, -0.25) is 4.79 Å². The molecule has 0 aliphatic rings. The minimum atomic E-state index is -0.187. The molecule has 8 heteroatoms. The number of likely N-dealkylation sites (N-methyl/N-ethyl adjacent to an activating group) is 1. The van der Waals surface area contributed by atoms with E-state index >= 15 is 0 Å². The summed E-state index contributed by atoms with van der Waals surface area (Å²) >= 11 is 5.70. The number of amides is 1. The summed E-state index contributed by atoms with van der Waals surface area (Å²) in [5, 5.41) is 5.18. The van der Waals surface area contributed by atoms with Gasteiger partial charge in [0.25, 0.3) is 0 Å². The highest BCUT2D eigenvalue weighted by Crippen LogP contribution is 2.12. The molecule has 0 unspecified atom stereocenters. The highest BCUT2D eigenvalue weighted by molar-refractivity contribution is 6.28. The minimum Gasteiger partial charge on any atom is -0.461 e. The molecule has 0 aliphatic heterocycles. The number of halogens is 1. The fourth-order valence-electron chi connectivity index (χ4n) is 0.922. The zero-order chi connectivity index (χ0) is 12.8. The van der Waals surface area contributed by atoms with Crippen LogP contribution in [0.1, 0.15) is 13.8 Å². The molecule has 0 fully saturated rings. The molecule has 0 aliphatic carbocycles. The Bertz CT molecular complexity index is 399. The van der Waals surface area contributed by atoms with Crippen molar-refractivity contribution in [2.24, 2.45) is 0 Å². The van der Waals surface area contributed by atoms with Gasteiger partial charge < -0.3 is 15.4 Å². The van der Waals surface area contributed by atoms with Crippen LogP contribution in [0.5, 0.6) is 6.01 Å². The van der Waals surface area contributed by atoms with Gasteiger partial charge in [0.05, 0.1) is 12.6 Å². The Morgan fingerprint density at radius 2 is 2.12 bits per heavy atom. The number of carbonyl (C=O) groups excluding carboxylic acids is 1. The van der Waals surface area contributed by atoms with Gasteiger partial charge in [-0.25, -0.2) is 0 Å². The van der Waals surface area contributed by atoms with E-state index in [9.17, 15) is 4.79 Å². The monoisotopic (exact) mass is 259 g/mol. The average Bonchev–Trinajstić information content (AvgIpc) is 2.24. The number of hydrogen-bond donors (Lipinski definition) is 2. The van der Waals surface area contributed by atoms with Gasteiger partial charge >= 0.3 is 6.01 Å². The van der Waals surface area contributed by atoms with Crippen LogP contribution in [0.25, 0.3) is 0 Å². The Morgan fingerprint density at radius 1 is 1.41 bits per heavy atom. The van der Waals surface area contributed by atoms with Crippen molar-refractivity contribution in [1.29, 1.82) is 0 Å². The first-order chi connectivity index (χ1) is 8.01. The topological polar surface area (TPSA) is 89.0 Å². The Labute approximate surface area is 104 Å². The van der Waals surface area contributed by atoms with Crippen molar-refractivity contribution < 1.29 is 9.53 Å². The first kappa shape index (κ1) is 13.4. The summed E-state index contributed by atoms with van der Waals surface area (Å²) in [7, 11) is 1.54. The number of nitrogens with zero attached hydrogens (tertiary/aromatic N) is 3. The van der Waals surface area contributed by atoms with E-state index in [1.54, 1.807) is 0 Å². The highest BCUT2D eigenvalue weighted by Gasteiger charge is 2.08. The number of aromatic nitrogens is 3. The summed E-state index contributed by atoms with van der Waals surface area (Å²) in [6.45, 7) is 3.74. The third-order valence-electron chi connectivity index (χ3n) is 1.61. The number of ether oxygens (including phenoxy) is 1. The van der Waals surface area contributed by atoms with Gasteiger partial charge in [0.15, 0.2) is 0 Å². The molecule has 1 aromatic heterocycles. The zero-order valence-electron chi connectivity index (χ0n) is 9.82. The molecular weight excluding hydrogens is 246 g/mol. The van der Waals surface area contributed by atoms with Crippen molar-refractivity contribution in [2.45, 2.75) is 20.0 Å². The van der Waals surface area contributed by atoms with Crippen molar-refractivity contribution in [1.82, 2.24) is 20.3 Å². The molecule has 94 valence electrons. The van der Waals surface area contributed by atoms with Crippen LogP contribution in [-0.2, 0) is 4.79 Å². The fraction of sp³-hybridized carbons (Fsp3) is 0.556. The normalized spacial score (nSPS) is 10.2. The van der Waals surface area contributed by atoms with E-state index in [0.717, 1.165) is 0 Å². The molecule has 0 saturated heterocycles. The van der Waals surface area contributed by atoms with Crippen LogP contribution in [0.3, 0.4) is 0 Å². The lowest BCUT2D eigenvalue weighted by Crippen LogP contribution is -2.27. The van der Waals surface area contributed by atoms with Crippen molar-refractivity contribution in [2.75, 3.05) is 18.9 Å². The van der Waals surface area contributed by atoms with Crippen LogP contribution in [0.4, 0.5) is 5.95 Å². The van der Waals surface area contributed by atoms with Gasteiger partial charge in [-0.05, 0) is 25.4 Å². The maximum Gasteiger partial charge on any atom is 0.322 e. The molecule has 0 spiro atoms. The molecule has 17 heavy (non-hydrogen) atoms. The first-order valence-corrected chi connectivity index (χ1v) is 5.41. The molecule has 1 aromatic rings. The first-order valence-electron chi connectivity index (χ1n) is 5.04. The van der Waals surface area contributed by atoms with Crippen LogP contribution in [0.15, 0.2) is 0 Å². The molecular formula is C9H14ClN5O2. The lowest BCUT2D eigenvalue weighted by molar-refractivity contribution is -0.118. The second-order valence-electron chi connectivity index (χ2n) is 3.40. The Kier molecular flexibility index (Phi) is 4.89. The van der Waals surface area contributed by atoms with Gasteiger partial charge in [-0.15, -0.1) is 0 Å². The van der Waals surface area contributed by atoms with Gasteiger partial charge in [0, 0.05) is 7.05 Å². The Morgan fingerprint density at radius 3 is 2.71 bits per heavy atom. The van der Waals surface area contributed by atoms with E-state index in [1.165, 1.54) is 7.05 Å². The maximum absolute atomic E-state index is 11.0. The van der Waals surface area contributed by atoms with E-state index < -0.39 is 0 Å². The lowest BCUT2D eigenvalue weighted by Gasteiger charge is -2.09. The van der Waals surface area contributed by atoms with Crippen LogP contribution in [-0.4, -0.2) is 40.6 Å². The van der Waals surface area contributed by atoms with Crippen LogP contribution >= 0.6 is 11.6 Å². The van der Waals surface area contributed by atoms with Gasteiger partial charge in [0.1, 0.15) is 0 Å². The molecule has 1 heterocycles. The predicted octanol–water partition coefficient (Wildman–Crippen LogP) is 0.470. The van der Waals surface area contributed by atoms with E-state index in [-0.39, 0.29) is 35.8 Å². The molecule has 7 nitrogen and oxygen atoms in total. The van der Waals surface area contributed by atoms with E-state index in [0.29, 0.717) is 0 Å². The summed E-state index contributed by atoms with van der Waals surface area (Å²) in [5.41, 5.74) is 0. The van der Waals surface area contributed by atoms with Crippen molar-refractivity contribution in [3.05, 3.63) is 5.28 Å². The van der Waals surface area contributed by atoms with Crippen molar-refractivity contribution >= 4 is 23.5 Å². The standard InChI is InChI=1S/C9H14ClN5O2/c1-5(2)17-9-14-7(10)13-8(15-9)12-4-6(16)11-3/h5H,4H2,1-3H3,(H,11,16)(H,12,13,14,15). The molecule has 0 radical (unpaired) electrons. The summed E-state index contributed by atoms with van der Waals surface area (Å²) in [5.74, 6) is 0.0112. The quantitative estimate of drug-likeness (QED) is 0.799. The largest absolute Gasteiger partial charge is 0.461 e. The van der Waals surface area contributed by atoms with Crippen molar-refractivity contribution in [3.8, 4) is 6.01 Å². The van der Waals surface area contributed by atoms with Crippen molar-refractivity contribution in [3.63, 3.8) is 0 Å². The predicted molar refractivity (Wildman–Crippen MR) is 63.2 cm³/mol. The second kappa shape index (κ2) is 6.19. The van der Waals surface area contributed by atoms with Crippen LogP contribution in [0, 0.1) is 0 Å². The number of carbonyl (C=O) groups is 1. The number of anilines is 1. The van der Waals surface area contributed by atoms with Crippen LogP contribution in [0.2, 0.25) is 5.28 Å². The minimum absolute atomic E-state index is 0.00931. The van der Waals surface area contributed by atoms with Gasteiger partial charge in [0.2, 0.25) is 17.1 Å². The van der Waals surface area contributed by atoms with Crippen LogP contribution < -0.4 is 15.4 Å². The SMILES string of the molecule is CNC(=O)CNc1nc(Cl)nc(OC(C)C)n1. The van der Waals surface area contributed by atoms with Gasteiger partial charge in [-0.1, -0.05) is 0 Å². The Hall–Kier alpha value is -1.63. The Balaban J connectivity index is 2.71. The zero-order valence-corrected chi connectivity index (χ0v) is 10.6. The molecule has 0 aromatic carbocycles. The average molecular weight is 260 g/mol. The molecule has 0 saturated carbocycles. The molecule has 0 atom stereocenters. The van der Waals surface area contributed by atoms with E-state index in [2.05, 4.69) is 25.6 Å². The smallest absolute Gasteiger partial charge is 0.322 e. The number of hydrogen-bond acceptors (Lipinski definition) is 6. The highest BCUT2D eigenvalue weighted by atomic mass is 35.5. The van der Waals surface area contributed by atoms with E-state index in [4.69, 9.17) is 16.3 Å². The summed E-state index contributed by atoms with van der Waals surface area (Å²) in [4.78, 5) is 22.6. The summed E-state index contributed by atoms with van der Waals surface area (Å²) < 4.78 is 5.28. The maximum atomic E-state index is 11.0. The molecule has 1 amide bonds. The number of rotatable bonds is 5. The molecule has 0 bridgehead atoms. The van der Waals surface area contributed by atoms with Gasteiger partial charge in [-0.2, -0.15) is 15.0 Å². The molecule has 2 N–H and O–H groups in total. The third-order valence-corrected chi connectivity index (χ3v) is 1.78. The second-order valence-corrected chi connectivity index (χ2v) is 3.74. The summed E-state index contributed by atoms with van der Waals surface area (Å²) in [6.07, 6.45) is -0.0692. The van der Waals surface area contributed by atoms with E-state index in [1.807, 2.05) is 13.8 Å². The third kappa shape index (κ3) is 4.81. The summed E-state index contributed by atoms with van der Waals surface area (Å²) in [6, 6.07) is 0.124. The molecule has 1 rings (SSSR count). The fourth-order valence-corrected chi connectivity index (χ4v) is 1.07. The lowest BCUT2D eigenvalue weighted by atomic mass is 10.5. The number of nitrogens with one attached hydrogen (secondary N) is 2.